The number of carbonyl (C=O) groups excluding carboxylic acids is 1. The van der Waals surface area contributed by atoms with Crippen molar-refractivity contribution in [2.75, 3.05) is 11.9 Å². The number of nitrogens with zero attached hydrogens (tertiary/aromatic N) is 1. The van der Waals surface area contributed by atoms with E-state index in [1.165, 1.54) is 0 Å². The Morgan fingerprint density at radius 2 is 1.97 bits per heavy atom. The predicted octanol–water partition coefficient (Wildman–Crippen LogP) is 7.20. The topological polar surface area (TPSA) is 64.4 Å². The Hall–Kier alpha value is -2.54. The van der Waals surface area contributed by atoms with E-state index in [1.54, 1.807) is 36.4 Å². The van der Waals surface area contributed by atoms with Crippen LogP contribution in [0.25, 0.3) is 22.6 Å². The van der Waals surface area contributed by atoms with Crippen molar-refractivity contribution in [1.29, 1.82) is 0 Å². The van der Waals surface area contributed by atoms with Gasteiger partial charge in [0.15, 0.2) is 12.2 Å². The van der Waals surface area contributed by atoms with Crippen LogP contribution in [0.15, 0.2) is 57.4 Å². The van der Waals surface area contributed by atoms with Crippen molar-refractivity contribution in [3.63, 3.8) is 0 Å². The van der Waals surface area contributed by atoms with E-state index in [2.05, 4.69) is 26.2 Å². The zero-order valence-electron chi connectivity index (χ0n) is 16.6. The lowest BCUT2D eigenvalue weighted by molar-refractivity contribution is -0.118. The molecule has 5 nitrogen and oxygen atoms in total. The second-order valence-corrected chi connectivity index (χ2v) is 8.67. The number of oxazole rings is 1. The van der Waals surface area contributed by atoms with E-state index in [0.717, 1.165) is 15.6 Å². The van der Waals surface area contributed by atoms with Gasteiger partial charge in [0.1, 0.15) is 11.3 Å². The van der Waals surface area contributed by atoms with Crippen molar-refractivity contribution in [1.82, 2.24) is 4.98 Å². The van der Waals surface area contributed by atoms with Crippen LogP contribution in [0.3, 0.4) is 0 Å². The average molecular weight is 520 g/mol. The molecule has 0 saturated heterocycles. The third-order valence-corrected chi connectivity index (χ3v) is 5.98. The highest BCUT2D eigenvalue weighted by molar-refractivity contribution is 9.10. The van der Waals surface area contributed by atoms with Crippen molar-refractivity contribution >= 4 is 61.8 Å². The second-order valence-electron chi connectivity index (χ2n) is 7.03. The fraction of sp³-hybridized carbons (Fsp3) is 0.130. The molecule has 1 amide bonds. The summed E-state index contributed by atoms with van der Waals surface area (Å²) in [6, 6.07) is 14.4. The molecule has 0 fully saturated rings. The third-order valence-electron chi connectivity index (χ3n) is 4.57. The number of aromatic nitrogens is 1. The molecule has 1 N–H and O–H groups in total. The number of carbonyl (C=O) groups is 1. The highest BCUT2D eigenvalue weighted by atomic mass is 79.9. The van der Waals surface area contributed by atoms with Crippen molar-refractivity contribution in [2.24, 2.45) is 0 Å². The zero-order chi connectivity index (χ0) is 22.1. The second kappa shape index (κ2) is 8.91. The summed E-state index contributed by atoms with van der Waals surface area (Å²) in [6.45, 7) is 3.82. The molecule has 1 aromatic heterocycles. The molecule has 158 valence electrons. The standard InChI is InChI=1S/C23H17BrCl2N2O3/c1-12-8-13(2)22(16(24)9-12)30-11-20(29)27-14-6-7-19-18(10-14)28-23(31-19)15-4-3-5-17(25)21(15)26/h3-10H,11H2,1-2H3,(H,27,29). The Morgan fingerprint density at radius 3 is 2.74 bits per heavy atom. The van der Waals surface area contributed by atoms with Crippen LogP contribution in [-0.4, -0.2) is 17.5 Å². The Labute approximate surface area is 197 Å². The van der Waals surface area contributed by atoms with Crippen LogP contribution in [0.2, 0.25) is 10.0 Å². The van der Waals surface area contributed by atoms with Gasteiger partial charge in [0.2, 0.25) is 5.89 Å². The smallest absolute Gasteiger partial charge is 0.262 e. The minimum absolute atomic E-state index is 0.122. The predicted molar refractivity (Wildman–Crippen MR) is 127 cm³/mol. The minimum Gasteiger partial charge on any atom is -0.482 e. The van der Waals surface area contributed by atoms with Gasteiger partial charge in [0, 0.05) is 5.69 Å². The maximum Gasteiger partial charge on any atom is 0.262 e. The van der Waals surface area contributed by atoms with Crippen LogP contribution in [0.4, 0.5) is 5.69 Å². The number of aryl methyl sites for hydroxylation is 2. The zero-order valence-corrected chi connectivity index (χ0v) is 19.7. The number of amides is 1. The largest absolute Gasteiger partial charge is 0.482 e. The molecule has 4 aromatic rings. The Bertz CT molecular complexity index is 1280. The third kappa shape index (κ3) is 4.71. The van der Waals surface area contributed by atoms with Gasteiger partial charge in [-0.05, 0) is 77.3 Å². The summed E-state index contributed by atoms with van der Waals surface area (Å²) in [5.41, 5.74) is 4.40. The van der Waals surface area contributed by atoms with Gasteiger partial charge >= 0.3 is 0 Å². The van der Waals surface area contributed by atoms with Gasteiger partial charge in [0.25, 0.3) is 5.91 Å². The van der Waals surface area contributed by atoms with Crippen LogP contribution < -0.4 is 10.1 Å². The lowest BCUT2D eigenvalue weighted by Crippen LogP contribution is -2.20. The molecule has 0 unspecified atom stereocenters. The van der Waals surface area contributed by atoms with Crippen LogP contribution in [0.5, 0.6) is 5.75 Å². The molecule has 1 heterocycles. The Balaban J connectivity index is 1.49. The number of halogens is 3. The Kier molecular flexibility index (Phi) is 6.23. The summed E-state index contributed by atoms with van der Waals surface area (Å²) in [5, 5.41) is 3.61. The molecule has 0 bridgehead atoms. The molecular weight excluding hydrogens is 503 g/mol. The highest BCUT2D eigenvalue weighted by Gasteiger charge is 2.15. The number of fused-ring (bicyclic) bond motifs is 1. The van der Waals surface area contributed by atoms with Crippen LogP contribution >= 0.6 is 39.1 Å². The lowest BCUT2D eigenvalue weighted by Gasteiger charge is -2.12. The number of rotatable bonds is 5. The van der Waals surface area contributed by atoms with E-state index < -0.39 is 0 Å². The van der Waals surface area contributed by atoms with Crippen LogP contribution in [0, 0.1) is 13.8 Å². The van der Waals surface area contributed by atoms with E-state index in [1.807, 2.05) is 26.0 Å². The van der Waals surface area contributed by atoms with Gasteiger partial charge in [0.05, 0.1) is 20.1 Å². The summed E-state index contributed by atoms with van der Waals surface area (Å²) >= 11 is 15.8. The maximum absolute atomic E-state index is 12.4. The normalized spacial score (nSPS) is 11.0. The van der Waals surface area contributed by atoms with E-state index in [4.69, 9.17) is 32.4 Å². The molecule has 0 radical (unpaired) electrons. The van der Waals surface area contributed by atoms with Gasteiger partial charge in [-0.25, -0.2) is 4.98 Å². The van der Waals surface area contributed by atoms with E-state index in [9.17, 15) is 4.79 Å². The SMILES string of the molecule is Cc1cc(C)c(OCC(=O)Nc2ccc3oc(-c4cccc(Cl)c4Cl)nc3c2)c(Br)c1. The van der Waals surface area contributed by atoms with Crippen molar-refractivity contribution in [2.45, 2.75) is 13.8 Å². The van der Waals surface area contributed by atoms with Gasteiger partial charge in [-0.15, -0.1) is 0 Å². The molecule has 8 heteroatoms. The first kappa shape index (κ1) is 21.7. The Morgan fingerprint density at radius 1 is 1.16 bits per heavy atom. The van der Waals surface area contributed by atoms with E-state index in [0.29, 0.717) is 44.0 Å². The van der Waals surface area contributed by atoms with Gasteiger partial charge in [-0.1, -0.05) is 35.3 Å². The number of hydrogen-bond donors (Lipinski definition) is 1. The van der Waals surface area contributed by atoms with Gasteiger partial charge in [-0.2, -0.15) is 0 Å². The average Bonchev–Trinajstić information content (AvgIpc) is 3.12. The van der Waals surface area contributed by atoms with Gasteiger partial charge < -0.3 is 14.5 Å². The van der Waals surface area contributed by atoms with E-state index in [-0.39, 0.29) is 12.5 Å². The summed E-state index contributed by atoms with van der Waals surface area (Å²) < 4.78 is 12.3. The molecule has 0 atom stereocenters. The van der Waals surface area contributed by atoms with Crippen molar-refractivity contribution in [3.8, 4) is 17.2 Å². The van der Waals surface area contributed by atoms with E-state index >= 15 is 0 Å². The van der Waals surface area contributed by atoms with Crippen LogP contribution in [0.1, 0.15) is 11.1 Å². The summed E-state index contributed by atoms with van der Waals surface area (Å²) in [4.78, 5) is 16.9. The lowest BCUT2D eigenvalue weighted by atomic mass is 10.1. The van der Waals surface area contributed by atoms with Gasteiger partial charge in [-0.3, -0.25) is 4.79 Å². The maximum atomic E-state index is 12.4. The van der Waals surface area contributed by atoms with Crippen LogP contribution in [-0.2, 0) is 4.79 Å². The molecule has 4 rings (SSSR count). The number of hydrogen-bond acceptors (Lipinski definition) is 4. The first-order valence-corrected chi connectivity index (χ1v) is 10.9. The summed E-state index contributed by atoms with van der Waals surface area (Å²) in [6.07, 6.45) is 0. The first-order valence-electron chi connectivity index (χ1n) is 9.36. The quantitative estimate of drug-likeness (QED) is 0.303. The minimum atomic E-state index is -0.284. The molecule has 0 aliphatic heterocycles. The van der Waals surface area contributed by atoms with Crippen molar-refractivity contribution in [3.05, 3.63) is 74.2 Å². The number of ether oxygens (including phenoxy) is 1. The molecule has 0 saturated carbocycles. The molecular formula is C23H17BrCl2N2O3. The molecule has 0 spiro atoms. The molecule has 31 heavy (non-hydrogen) atoms. The summed E-state index contributed by atoms with van der Waals surface area (Å²) in [5.74, 6) is 0.720. The number of anilines is 1. The summed E-state index contributed by atoms with van der Waals surface area (Å²) in [7, 11) is 0. The highest BCUT2D eigenvalue weighted by Crippen LogP contribution is 2.35. The number of nitrogens with one attached hydrogen (secondary N) is 1. The molecule has 0 aliphatic rings. The first-order chi connectivity index (χ1) is 14.8. The molecule has 0 aliphatic carbocycles. The molecule has 3 aromatic carbocycles. The number of benzene rings is 3. The monoisotopic (exact) mass is 518 g/mol. The fourth-order valence-electron chi connectivity index (χ4n) is 3.21. The van der Waals surface area contributed by atoms with Crippen molar-refractivity contribution < 1.29 is 13.9 Å². The fourth-order valence-corrected chi connectivity index (χ4v) is 4.38.